The van der Waals surface area contributed by atoms with Crippen molar-refractivity contribution in [2.45, 2.75) is 46.1 Å². The van der Waals surface area contributed by atoms with E-state index < -0.39 is 0 Å². The largest absolute Gasteiger partial charge is 0.377 e. The second kappa shape index (κ2) is 9.76. The first-order valence-electron chi connectivity index (χ1n) is 10.2. The molecule has 2 aromatic carbocycles. The Morgan fingerprint density at radius 1 is 0.893 bits per heavy atom. The molecule has 0 amide bonds. The molecule has 148 valence electrons. The van der Waals surface area contributed by atoms with Crippen molar-refractivity contribution in [1.29, 1.82) is 0 Å². The van der Waals surface area contributed by atoms with Crippen molar-refractivity contribution in [3.05, 3.63) is 59.8 Å². The molecule has 0 spiro atoms. The molecule has 0 atom stereocenters. The minimum atomic E-state index is 0.289. The topological polar surface area (TPSA) is 47.0 Å². The van der Waals surface area contributed by atoms with Gasteiger partial charge in [0.2, 0.25) is 0 Å². The summed E-state index contributed by atoms with van der Waals surface area (Å²) in [6.45, 7) is 11.0. The number of nitrogens with zero attached hydrogens (tertiary/aromatic N) is 2. The minimum Gasteiger partial charge on any atom is -0.377 e. The lowest BCUT2D eigenvalue weighted by molar-refractivity contribution is 0.0810. The van der Waals surface area contributed by atoms with Crippen molar-refractivity contribution in [3.63, 3.8) is 0 Å². The van der Waals surface area contributed by atoms with Crippen LogP contribution in [0.5, 0.6) is 0 Å². The molecular weight excluding hydrogens is 346 g/mol. The highest BCUT2D eigenvalue weighted by Gasteiger charge is 2.14. The number of fused-ring (bicyclic) bond motifs is 1. The number of rotatable bonds is 9. The first-order valence-corrected chi connectivity index (χ1v) is 10.2. The molecule has 0 radical (unpaired) electrons. The van der Waals surface area contributed by atoms with Crippen LogP contribution in [0.3, 0.4) is 0 Å². The molecule has 1 heterocycles. The van der Waals surface area contributed by atoms with E-state index in [0.29, 0.717) is 5.92 Å². The van der Waals surface area contributed by atoms with Crippen molar-refractivity contribution in [3.8, 4) is 11.3 Å². The highest BCUT2D eigenvalue weighted by Crippen LogP contribution is 2.28. The average Bonchev–Trinajstić information content (AvgIpc) is 2.70. The lowest BCUT2D eigenvalue weighted by Crippen LogP contribution is -2.23. The number of hydrogen-bond donors (Lipinski definition) is 1. The quantitative estimate of drug-likeness (QED) is 0.534. The van der Waals surface area contributed by atoms with Crippen LogP contribution in [0.1, 0.15) is 44.9 Å². The van der Waals surface area contributed by atoms with Crippen LogP contribution in [-0.2, 0) is 11.2 Å². The molecule has 3 rings (SSSR count). The zero-order valence-corrected chi connectivity index (χ0v) is 17.4. The molecule has 4 nitrogen and oxygen atoms in total. The normalized spacial score (nSPS) is 11.6. The molecule has 0 aliphatic rings. The van der Waals surface area contributed by atoms with E-state index >= 15 is 0 Å². The Hall–Kier alpha value is -2.30. The van der Waals surface area contributed by atoms with Crippen molar-refractivity contribution < 1.29 is 4.74 Å². The van der Waals surface area contributed by atoms with Gasteiger partial charge in [-0.3, -0.25) is 0 Å². The molecule has 0 fully saturated rings. The summed E-state index contributed by atoms with van der Waals surface area (Å²) in [7, 11) is 0. The zero-order valence-electron chi connectivity index (χ0n) is 17.4. The highest BCUT2D eigenvalue weighted by molar-refractivity contribution is 5.79. The Morgan fingerprint density at radius 2 is 1.68 bits per heavy atom. The molecule has 4 heteroatoms. The van der Waals surface area contributed by atoms with E-state index in [0.717, 1.165) is 54.1 Å². The highest BCUT2D eigenvalue weighted by atomic mass is 16.5. The first kappa shape index (κ1) is 20.4. The van der Waals surface area contributed by atoms with E-state index in [1.165, 1.54) is 5.56 Å². The molecule has 0 saturated carbocycles. The Morgan fingerprint density at radius 3 is 2.39 bits per heavy atom. The lowest BCUT2D eigenvalue weighted by atomic mass is 10.0. The number of nitrogens with one attached hydrogen (secondary N) is 1. The second-order valence-electron chi connectivity index (χ2n) is 7.72. The molecule has 1 N–H and O–H groups in total. The van der Waals surface area contributed by atoms with Crippen molar-refractivity contribution in [2.24, 2.45) is 0 Å². The van der Waals surface area contributed by atoms with Crippen LogP contribution in [0.15, 0.2) is 48.5 Å². The summed E-state index contributed by atoms with van der Waals surface area (Å²) in [6.07, 6.45) is 1.26. The van der Waals surface area contributed by atoms with Crippen LogP contribution in [-0.4, -0.2) is 35.8 Å². The summed E-state index contributed by atoms with van der Waals surface area (Å²) >= 11 is 0. The molecule has 0 bridgehead atoms. The maximum atomic E-state index is 5.55. The maximum absolute atomic E-state index is 5.55. The summed E-state index contributed by atoms with van der Waals surface area (Å²) in [5, 5.41) is 3.44. The fraction of sp³-hybridized carbons (Fsp3) is 0.417. The smallest absolute Gasteiger partial charge is 0.0927 e. The first-order chi connectivity index (χ1) is 13.5. The third kappa shape index (κ3) is 5.37. The van der Waals surface area contributed by atoms with Crippen LogP contribution in [0.2, 0.25) is 0 Å². The molecular formula is C24H31N3O. The summed E-state index contributed by atoms with van der Waals surface area (Å²) in [5.41, 5.74) is 6.37. The van der Waals surface area contributed by atoms with Gasteiger partial charge >= 0.3 is 0 Å². The molecule has 0 unspecified atom stereocenters. The molecule has 0 saturated heterocycles. The van der Waals surface area contributed by atoms with E-state index in [9.17, 15) is 0 Å². The fourth-order valence-corrected chi connectivity index (χ4v) is 3.20. The third-order valence-electron chi connectivity index (χ3n) is 4.67. The van der Waals surface area contributed by atoms with Crippen LogP contribution < -0.4 is 5.32 Å². The van der Waals surface area contributed by atoms with Gasteiger partial charge in [-0.1, -0.05) is 50.2 Å². The van der Waals surface area contributed by atoms with Crippen molar-refractivity contribution >= 4 is 11.0 Å². The standard InChI is InChI=1S/C24H31N3O/c1-17(2)23-24(20-8-6-5-7-9-20)26-21-11-10-19(16-22(21)27-23)12-13-25-14-15-28-18(3)4/h5-11,16-18,25H,12-15H2,1-4H3. The van der Waals surface area contributed by atoms with Gasteiger partial charge in [-0.25, -0.2) is 9.97 Å². The molecule has 0 aliphatic heterocycles. The Kier molecular flexibility index (Phi) is 7.12. The lowest BCUT2D eigenvalue weighted by Gasteiger charge is -2.13. The van der Waals surface area contributed by atoms with E-state index in [1.54, 1.807) is 0 Å². The third-order valence-corrected chi connectivity index (χ3v) is 4.67. The van der Waals surface area contributed by atoms with Gasteiger partial charge in [0.05, 0.1) is 35.1 Å². The van der Waals surface area contributed by atoms with Crippen LogP contribution in [0, 0.1) is 0 Å². The van der Waals surface area contributed by atoms with E-state index in [1.807, 2.05) is 18.2 Å². The van der Waals surface area contributed by atoms with Gasteiger partial charge in [0.15, 0.2) is 0 Å². The van der Waals surface area contributed by atoms with E-state index in [-0.39, 0.29) is 6.10 Å². The van der Waals surface area contributed by atoms with Crippen molar-refractivity contribution in [2.75, 3.05) is 19.7 Å². The van der Waals surface area contributed by atoms with Gasteiger partial charge < -0.3 is 10.1 Å². The minimum absolute atomic E-state index is 0.289. The Bertz CT molecular complexity index is 891. The summed E-state index contributed by atoms with van der Waals surface area (Å²) in [4.78, 5) is 9.94. The van der Waals surface area contributed by atoms with Gasteiger partial charge in [0.1, 0.15) is 0 Å². The van der Waals surface area contributed by atoms with Gasteiger partial charge in [0.25, 0.3) is 0 Å². The number of ether oxygens (including phenoxy) is 1. The van der Waals surface area contributed by atoms with Gasteiger partial charge in [0, 0.05) is 12.1 Å². The van der Waals surface area contributed by atoms with Gasteiger partial charge in [-0.2, -0.15) is 0 Å². The Labute approximate surface area is 168 Å². The van der Waals surface area contributed by atoms with Crippen LogP contribution in [0.25, 0.3) is 22.3 Å². The summed E-state index contributed by atoms with van der Waals surface area (Å²) in [5.74, 6) is 0.318. The van der Waals surface area contributed by atoms with E-state index in [2.05, 4.69) is 63.3 Å². The average molecular weight is 378 g/mol. The molecule has 28 heavy (non-hydrogen) atoms. The molecule has 0 aliphatic carbocycles. The summed E-state index contributed by atoms with van der Waals surface area (Å²) in [6, 6.07) is 16.8. The zero-order chi connectivity index (χ0) is 19.9. The Balaban J connectivity index is 1.75. The van der Waals surface area contributed by atoms with Crippen molar-refractivity contribution in [1.82, 2.24) is 15.3 Å². The second-order valence-corrected chi connectivity index (χ2v) is 7.72. The van der Waals surface area contributed by atoms with Crippen LogP contribution >= 0.6 is 0 Å². The van der Waals surface area contributed by atoms with Gasteiger partial charge in [-0.05, 0) is 50.4 Å². The maximum Gasteiger partial charge on any atom is 0.0927 e. The fourth-order valence-electron chi connectivity index (χ4n) is 3.20. The number of hydrogen-bond acceptors (Lipinski definition) is 4. The predicted octanol–water partition coefficient (Wildman–Crippen LogP) is 4.98. The number of aromatic nitrogens is 2. The monoisotopic (exact) mass is 377 g/mol. The number of benzene rings is 2. The van der Waals surface area contributed by atoms with Gasteiger partial charge in [-0.15, -0.1) is 0 Å². The summed E-state index contributed by atoms with van der Waals surface area (Å²) < 4.78 is 5.55. The molecule has 1 aromatic heterocycles. The predicted molar refractivity (Wildman–Crippen MR) is 117 cm³/mol. The SMILES string of the molecule is CC(C)OCCNCCc1ccc2nc(-c3ccccc3)c(C(C)C)nc2c1. The van der Waals surface area contributed by atoms with Crippen LogP contribution in [0.4, 0.5) is 0 Å². The van der Waals surface area contributed by atoms with E-state index in [4.69, 9.17) is 14.7 Å². The molecule has 3 aromatic rings.